The quantitative estimate of drug-likeness (QED) is 0.334. The van der Waals surface area contributed by atoms with Crippen LogP contribution >= 0.6 is 23.4 Å². The summed E-state index contributed by atoms with van der Waals surface area (Å²) in [7, 11) is 0. The third-order valence-corrected chi connectivity index (χ3v) is 7.06. The van der Waals surface area contributed by atoms with E-state index in [2.05, 4.69) is 48.7 Å². The highest BCUT2D eigenvalue weighted by molar-refractivity contribution is 8.18. The maximum Gasteiger partial charge on any atom is 0.293 e. The maximum atomic E-state index is 13.0. The lowest BCUT2D eigenvalue weighted by Crippen LogP contribution is -2.27. The average Bonchev–Trinajstić information content (AvgIpc) is 3.23. The normalized spacial score (nSPS) is 15.2. The van der Waals surface area contributed by atoms with E-state index in [-0.39, 0.29) is 17.7 Å². The van der Waals surface area contributed by atoms with E-state index in [1.165, 1.54) is 23.3 Å². The zero-order valence-electron chi connectivity index (χ0n) is 19.1. The first-order valence-corrected chi connectivity index (χ1v) is 12.3. The van der Waals surface area contributed by atoms with E-state index in [1.54, 1.807) is 12.1 Å². The van der Waals surface area contributed by atoms with E-state index in [1.807, 2.05) is 25.1 Å². The Labute approximate surface area is 204 Å². The number of unbranched alkanes of at least 4 members (excludes halogenated alkanes) is 1. The van der Waals surface area contributed by atoms with E-state index in [0.29, 0.717) is 9.93 Å². The Morgan fingerprint density at radius 2 is 1.64 bits per heavy atom. The van der Waals surface area contributed by atoms with Crippen LogP contribution in [0.25, 0.3) is 11.8 Å². The van der Waals surface area contributed by atoms with Crippen LogP contribution < -0.4 is 0 Å². The number of halogens is 1. The number of hydrogen-bond donors (Lipinski definition) is 0. The number of aromatic nitrogens is 1. The van der Waals surface area contributed by atoms with E-state index in [0.717, 1.165) is 46.4 Å². The smallest absolute Gasteiger partial charge is 0.293 e. The number of amides is 2. The molecule has 2 amide bonds. The molecule has 0 N–H and O–H groups in total. The lowest BCUT2D eigenvalue weighted by molar-refractivity contribution is -0.123. The van der Waals surface area contributed by atoms with E-state index in [4.69, 9.17) is 11.6 Å². The van der Waals surface area contributed by atoms with Crippen LogP contribution in [0.1, 0.15) is 47.8 Å². The third-order valence-electron chi connectivity index (χ3n) is 5.90. The SMILES string of the molecule is CCCCc1ccc(-n2c(C)cc(/C=C3/SC(=O)N(Cc4ccc(Cl)cc4)C3=O)c2C)cc1. The van der Waals surface area contributed by atoms with Crippen molar-refractivity contribution in [3.05, 3.63) is 92.6 Å². The van der Waals surface area contributed by atoms with Crippen molar-refractivity contribution in [3.63, 3.8) is 0 Å². The number of imide groups is 1. The summed E-state index contributed by atoms with van der Waals surface area (Å²) in [5.41, 5.74) is 6.38. The van der Waals surface area contributed by atoms with Crippen molar-refractivity contribution in [1.29, 1.82) is 0 Å². The van der Waals surface area contributed by atoms with Gasteiger partial charge in [-0.2, -0.15) is 0 Å². The summed E-state index contributed by atoms with van der Waals surface area (Å²) < 4.78 is 2.19. The Balaban J connectivity index is 1.56. The first kappa shape index (κ1) is 23.4. The monoisotopic (exact) mass is 478 g/mol. The van der Waals surface area contributed by atoms with Gasteiger partial charge in [0, 0.05) is 22.1 Å². The van der Waals surface area contributed by atoms with Crippen molar-refractivity contribution in [3.8, 4) is 5.69 Å². The molecule has 0 bridgehead atoms. The molecule has 0 spiro atoms. The molecular weight excluding hydrogens is 452 g/mol. The fourth-order valence-electron chi connectivity index (χ4n) is 4.07. The number of carbonyl (C=O) groups excluding carboxylic acids is 2. The molecule has 1 aliphatic heterocycles. The van der Waals surface area contributed by atoms with Crippen molar-refractivity contribution in [2.75, 3.05) is 0 Å². The molecule has 1 aliphatic rings. The van der Waals surface area contributed by atoms with Crippen LogP contribution in [0.3, 0.4) is 0 Å². The third kappa shape index (κ3) is 5.10. The minimum atomic E-state index is -0.259. The lowest BCUT2D eigenvalue weighted by atomic mass is 10.1. The molecule has 1 aromatic heterocycles. The fraction of sp³-hybridized carbons (Fsp3) is 0.259. The molecule has 2 heterocycles. The van der Waals surface area contributed by atoms with E-state index in [9.17, 15) is 9.59 Å². The van der Waals surface area contributed by atoms with Gasteiger partial charge in [0.2, 0.25) is 0 Å². The van der Waals surface area contributed by atoms with Crippen LogP contribution in [0.4, 0.5) is 4.79 Å². The fourth-order valence-corrected chi connectivity index (χ4v) is 5.03. The van der Waals surface area contributed by atoms with Crippen LogP contribution in [0.15, 0.2) is 59.5 Å². The van der Waals surface area contributed by atoms with Crippen molar-refractivity contribution < 1.29 is 9.59 Å². The molecule has 4 rings (SSSR count). The van der Waals surface area contributed by atoms with Gasteiger partial charge in [0.1, 0.15) is 0 Å². The van der Waals surface area contributed by atoms with Crippen LogP contribution in [0, 0.1) is 13.8 Å². The Hall–Kier alpha value is -2.76. The number of thioether (sulfide) groups is 1. The molecule has 1 saturated heterocycles. The summed E-state index contributed by atoms with van der Waals surface area (Å²) in [4.78, 5) is 27.2. The van der Waals surface area contributed by atoms with Gasteiger partial charge in [-0.1, -0.05) is 49.2 Å². The highest BCUT2D eigenvalue weighted by Gasteiger charge is 2.35. The lowest BCUT2D eigenvalue weighted by Gasteiger charge is -2.12. The Kier molecular flexibility index (Phi) is 7.11. The zero-order valence-corrected chi connectivity index (χ0v) is 20.7. The van der Waals surface area contributed by atoms with Gasteiger partial charge in [-0.05, 0) is 91.5 Å². The highest BCUT2D eigenvalue weighted by atomic mass is 35.5. The molecular formula is C27H27ClN2O2S. The summed E-state index contributed by atoms with van der Waals surface area (Å²) in [6, 6.07) is 17.9. The summed E-state index contributed by atoms with van der Waals surface area (Å²) in [5.74, 6) is -0.259. The van der Waals surface area contributed by atoms with Crippen molar-refractivity contribution in [1.82, 2.24) is 9.47 Å². The summed E-state index contributed by atoms with van der Waals surface area (Å²) >= 11 is 6.93. The van der Waals surface area contributed by atoms with Crippen molar-refractivity contribution >= 4 is 40.6 Å². The van der Waals surface area contributed by atoms with Gasteiger partial charge >= 0.3 is 0 Å². The van der Waals surface area contributed by atoms with Crippen LogP contribution in [-0.2, 0) is 17.8 Å². The second-order valence-corrected chi connectivity index (χ2v) is 9.76. The minimum absolute atomic E-state index is 0.239. The number of benzene rings is 2. The molecule has 0 aliphatic carbocycles. The first-order valence-electron chi connectivity index (χ1n) is 11.2. The number of hydrogen-bond acceptors (Lipinski definition) is 3. The predicted octanol–water partition coefficient (Wildman–Crippen LogP) is 7.33. The molecule has 6 heteroatoms. The number of rotatable bonds is 7. The highest BCUT2D eigenvalue weighted by Crippen LogP contribution is 2.34. The Morgan fingerprint density at radius 3 is 2.30 bits per heavy atom. The second-order valence-electron chi connectivity index (χ2n) is 8.33. The molecule has 0 saturated carbocycles. The van der Waals surface area contributed by atoms with E-state index >= 15 is 0 Å². The number of nitrogens with zero attached hydrogens (tertiary/aromatic N) is 2. The van der Waals surface area contributed by atoms with Crippen molar-refractivity contribution in [2.24, 2.45) is 0 Å². The Bertz CT molecular complexity index is 1210. The first-order chi connectivity index (χ1) is 15.9. The predicted molar refractivity (Wildman–Crippen MR) is 137 cm³/mol. The molecule has 0 unspecified atom stereocenters. The van der Waals surface area contributed by atoms with Gasteiger partial charge in [-0.25, -0.2) is 0 Å². The van der Waals surface area contributed by atoms with Crippen molar-refractivity contribution in [2.45, 2.75) is 46.6 Å². The van der Waals surface area contributed by atoms with Crippen LogP contribution in [-0.4, -0.2) is 20.6 Å². The number of aryl methyl sites for hydroxylation is 2. The summed E-state index contributed by atoms with van der Waals surface area (Å²) in [6.45, 7) is 6.54. The molecule has 1 fully saturated rings. The largest absolute Gasteiger partial charge is 0.318 e. The molecule has 170 valence electrons. The molecule has 4 nitrogen and oxygen atoms in total. The Morgan fingerprint density at radius 1 is 0.970 bits per heavy atom. The van der Waals surface area contributed by atoms with Gasteiger partial charge in [0.25, 0.3) is 11.1 Å². The van der Waals surface area contributed by atoms with Gasteiger partial charge in [0.05, 0.1) is 11.4 Å². The topological polar surface area (TPSA) is 42.3 Å². The average molecular weight is 479 g/mol. The number of carbonyl (C=O) groups is 2. The summed E-state index contributed by atoms with van der Waals surface area (Å²) in [6.07, 6.45) is 5.31. The zero-order chi connectivity index (χ0) is 23.5. The van der Waals surface area contributed by atoms with E-state index < -0.39 is 0 Å². The van der Waals surface area contributed by atoms with Gasteiger partial charge < -0.3 is 4.57 Å². The van der Waals surface area contributed by atoms with Gasteiger partial charge in [0.15, 0.2) is 0 Å². The van der Waals surface area contributed by atoms with Gasteiger partial charge in [-0.3, -0.25) is 14.5 Å². The van der Waals surface area contributed by atoms with Crippen LogP contribution in [0.2, 0.25) is 5.02 Å². The molecule has 3 aromatic rings. The molecule has 2 aromatic carbocycles. The maximum absolute atomic E-state index is 13.0. The second kappa shape index (κ2) is 10.0. The summed E-state index contributed by atoms with van der Waals surface area (Å²) in [5, 5.41) is 0.372. The molecule has 0 radical (unpaired) electrons. The minimum Gasteiger partial charge on any atom is -0.318 e. The van der Waals surface area contributed by atoms with Crippen LogP contribution in [0.5, 0.6) is 0 Å². The molecule has 33 heavy (non-hydrogen) atoms. The standard InChI is InChI=1S/C27H27ClN2O2S/c1-4-5-6-20-9-13-24(14-10-20)30-18(2)15-22(19(30)3)16-25-26(31)29(27(32)33-25)17-21-7-11-23(28)12-8-21/h7-16H,4-6,17H2,1-3H3/b25-16+. The molecule has 0 atom stereocenters. The van der Waals surface area contributed by atoms with Gasteiger partial charge in [-0.15, -0.1) is 0 Å².